The smallest absolute Gasteiger partial charge is 0.199 e. The lowest BCUT2D eigenvalue weighted by Gasteiger charge is -2.04. The second kappa shape index (κ2) is 4.19. The van der Waals surface area contributed by atoms with Crippen LogP contribution in [0.25, 0.3) is 5.65 Å². The highest BCUT2D eigenvalue weighted by Crippen LogP contribution is 2.05. The van der Waals surface area contributed by atoms with Gasteiger partial charge in [-0.25, -0.2) is 0 Å². The molecule has 14 heavy (non-hydrogen) atoms. The summed E-state index contributed by atoms with van der Waals surface area (Å²) in [5.41, 5.74) is 0.626. The number of alkyl halides is 1. The highest BCUT2D eigenvalue weighted by atomic mass is 35.5. The van der Waals surface area contributed by atoms with E-state index in [4.69, 9.17) is 11.6 Å². The number of hydrogen-bond acceptors (Lipinski definition) is 5. The minimum absolute atomic E-state index is 0.626. The summed E-state index contributed by atoms with van der Waals surface area (Å²) in [5.74, 6) is 1.41. The van der Waals surface area contributed by atoms with E-state index in [1.54, 1.807) is 16.9 Å². The van der Waals surface area contributed by atoms with Gasteiger partial charge in [-0.15, -0.1) is 16.7 Å². The molecule has 0 unspecified atom stereocenters. The largest absolute Gasteiger partial charge is 0.369 e. The quantitative estimate of drug-likeness (QED) is 0.593. The van der Waals surface area contributed by atoms with Crippen molar-refractivity contribution in [3.8, 4) is 0 Å². The molecular weight excluding hydrogens is 204 g/mol. The zero-order chi connectivity index (χ0) is 9.80. The first-order chi connectivity index (χ1) is 6.92. The number of tetrazole rings is 1. The lowest BCUT2D eigenvalue weighted by Crippen LogP contribution is -2.07. The van der Waals surface area contributed by atoms with Crippen molar-refractivity contribution < 1.29 is 0 Å². The van der Waals surface area contributed by atoms with Gasteiger partial charge < -0.3 is 5.32 Å². The molecule has 0 atom stereocenters. The minimum Gasteiger partial charge on any atom is -0.369 e. The lowest BCUT2D eigenvalue weighted by molar-refractivity contribution is 0.816. The van der Waals surface area contributed by atoms with Gasteiger partial charge in [0.1, 0.15) is 5.82 Å². The zero-order valence-electron chi connectivity index (χ0n) is 7.39. The Morgan fingerprint density at radius 2 is 2.36 bits per heavy atom. The van der Waals surface area contributed by atoms with Gasteiger partial charge in [-0.2, -0.15) is 4.52 Å². The maximum Gasteiger partial charge on any atom is 0.199 e. The van der Waals surface area contributed by atoms with Crippen LogP contribution in [0.4, 0.5) is 5.82 Å². The first-order valence-electron chi connectivity index (χ1n) is 4.24. The summed E-state index contributed by atoms with van der Waals surface area (Å²) in [5, 5.41) is 14.3. The van der Waals surface area contributed by atoms with Crippen LogP contribution in [0.3, 0.4) is 0 Å². The van der Waals surface area contributed by atoms with Gasteiger partial charge in [-0.05, 0) is 16.8 Å². The Bertz CT molecular complexity index is 413. The Balaban J connectivity index is 2.19. The summed E-state index contributed by atoms with van der Waals surface area (Å²) in [6, 6.07) is 0. The van der Waals surface area contributed by atoms with E-state index in [0.717, 1.165) is 18.8 Å². The number of halogens is 1. The molecule has 2 heterocycles. The fourth-order valence-corrected chi connectivity index (χ4v) is 1.21. The number of nitrogens with zero attached hydrogens (tertiary/aromatic N) is 5. The van der Waals surface area contributed by atoms with Crippen molar-refractivity contribution in [1.82, 2.24) is 25.0 Å². The van der Waals surface area contributed by atoms with Crippen LogP contribution in [0.15, 0.2) is 12.4 Å². The predicted octanol–water partition coefficient (Wildman–Crippen LogP) is 0.560. The summed E-state index contributed by atoms with van der Waals surface area (Å²) in [7, 11) is 0. The van der Waals surface area contributed by atoms with Crippen LogP contribution in [-0.4, -0.2) is 37.4 Å². The second-order valence-corrected chi connectivity index (χ2v) is 3.09. The molecule has 0 radical (unpaired) electrons. The third-order valence-corrected chi connectivity index (χ3v) is 1.99. The monoisotopic (exact) mass is 212 g/mol. The molecular formula is C7H9ClN6. The van der Waals surface area contributed by atoms with Crippen molar-refractivity contribution in [2.24, 2.45) is 0 Å². The van der Waals surface area contributed by atoms with Gasteiger partial charge in [0.25, 0.3) is 0 Å². The fraction of sp³-hybridized carbons (Fsp3) is 0.429. The van der Waals surface area contributed by atoms with Gasteiger partial charge in [0.15, 0.2) is 5.65 Å². The van der Waals surface area contributed by atoms with Crippen molar-refractivity contribution in [1.29, 1.82) is 0 Å². The molecule has 0 saturated heterocycles. The van der Waals surface area contributed by atoms with Crippen molar-refractivity contribution in [2.75, 3.05) is 17.7 Å². The molecule has 7 heteroatoms. The third-order valence-electron chi connectivity index (χ3n) is 1.73. The Kier molecular flexibility index (Phi) is 2.73. The maximum atomic E-state index is 5.56. The highest BCUT2D eigenvalue weighted by Gasteiger charge is 2.01. The van der Waals surface area contributed by atoms with Crippen molar-refractivity contribution in [2.45, 2.75) is 6.42 Å². The number of rotatable bonds is 4. The molecule has 0 spiro atoms. The van der Waals surface area contributed by atoms with Gasteiger partial charge in [0.2, 0.25) is 0 Å². The Labute approximate surface area is 85.3 Å². The zero-order valence-corrected chi connectivity index (χ0v) is 8.15. The number of aromatic nitrogens is 5. The maximum absolute atomic E-state index is 5.56. The van der Waals surface area contributed by atoms with Crippen LogP contribution in [0.5, 0.6) is 0 Å². The van der Waals surface area contributed by atoms with Crippen molar-refractivity contribution in [3.05, 3.63) is 12.4 Å². The van der Waals surface area contributed by atoms with Gasteiger partial charge in [0.05, 0.1) is 12.4 Å². The summed E-state index contributed by atoms with van der Waals surface area (Å²) >= 11 is 5.56. The third kappa shape index (κ3) is 1.74. The molecule has 2 aromatic rings. The molecule has 74 valence electrons. The summed E-state index contributed by atoms with van der Waals surface area (Å²) in [6.45, 7) is 0.782. The standard InChI is InChI=1S/C7H9ClN6/c8-2-1-3-10-6-4-9-5-7-11-12-13-14(6)7/h4-5,10H,1-3H2. The van der Waals surface area contributed by atoms with E-state index < -0.39 is 0 Å². The Hall–Kier alpha value is -1.43. The first kappa shape index (κ1) is 9.14. The lowest BCUT2D eigenvalue weighted by atomic mass is 10.5. The van der Waals surface area contributed by atoms with Crippen LogP contribution in [0, 0.1) is 0 Å². The summed E-state index contributed by atoms with van der Waals surface area (Å²) < 4.78 is 1.60. The molecule has 1 N–H and O–H groups in total. The van der Waals surface area contributed by atoms with Crippen LogP contribution >= 0.6 is 11.6 Å². The number of hydrogen-bond donors (Lipinski definition) is 1. The van der Waals surface area contributed by atoms with E-state index in [0.29, 0.717) is 11.5 Å². The summed E-state index contributed by atoms with van der Waals surface area (Å²) in [4.78, 5) is 4.00. The molecule has 2 rings (SSSR count). The molecule has 0 aromatic carbocycles. The van der Waals surface area contributed by atoms with E-state index in [9.17, 15) is 0 Å². The van der Waals surface area contributed by atoms with E-state index in [1.165, 1.54) is 0 Å². The number of nitrogens with one attached hydrogen (secondary N) is 1. The molecule has 0 aliphatic rings. The summed E-state index contributed by atoms with van der Waals surface area (Å²) in [6.07, 6.45) is 4.17. The van der Waals surface area contributed by atoms with E-state index >= 15 is 0 Å². The second-order valence-electron chi connectivity index (χ2n) is 2.71. The molecule has 0 amide bonds. The highest BCUT2D eigenvalue weighted by molar-refractivity contribution is 6.17. The van der Waals surface area contributed by atoms with E-state index in [2.05, 4.69) is 25.8 Å². The van der Waals surface area contributed by atoms with Gasteiger partial charge >= 0.3 is 0 Å². The molecule has 0 saturated carbocycles. The predicted molar refractivity (Wildman–Crippen MR) is 52.4 cm³/mol. The molecule has 0 aliphatic carbocycles. The van der Waals surface area contributed by atoms with Crippen molar-refractivity contribution >= 4 is 23.1 Å². The average Bonchev–Trinajstić information content (AvgIpc) is 2.67. The van der Waals surface area contributed by atoms with Gasteiger partial charge in [0, 0.05) is 12.4 Å². The van der Waals surface area contributed by atoms with Crippen LogP contribution in [0.2, 0.25) is 0 Å². The molecule has 0 aliphatic heterocycles. The Morgan fingerprint density at radius 3 is 3.21 bits per heavy atom. The van der Waals surface area contributed by atoms with Crippen LogP contribution in [-0.2, 0) is 0 Å². The topological polar surface area (TPSA) is 68.0 Å². The average molecular weight is 213 g/mol. The Morgan fingerprint density at radius 1 is 1.43 bits per heavy atom. The minimum atomic E-state index is 0.626. The van der Waals surface area contributed by atoms with Crippen LogP contribution in [0.1, 0.15) is 6.42 Å². The number of anilines is 1. The molecule has 6 nitrogen and oxygen atoms in total. The normalized spacial score (nSPS) is 10.6. The number of fused-ring (bicyclic) bond motifs is 1. The van der Waals surface area contributed by atoms with Gasteiger partial charge in [-0.3, -0.25) is 4.98 Å². The van der Waals surface area contributed by atoms with Crippen LogP contribution < -0.4 is 5.32 Å². The van der Waals surface area contributed by atoms with E-state index in [-0.39, 0.29) is 0 Å². The van der Waals surface area contributed by atoms with E-state index in [1.807, 2.05) is 0 Å². The van der Waals surface area contributed by atoms with Gasteiger partial charge in [-0.1, -0.05) is 0 Å². The first-order valence-corrected chi connectivity index (χ1v) is 4.77. The van der Waals surface area contributed by atoms with Crippen molar-refractivity contribution in [3.63, 3.8) is 0 Å². The molecule has 0 fully saturated rings. The SMILES string of the molecule is ClCCCNc1cncc2nnnn12. The fourth-order valence-electron chi connectivity index (χ4n) is 1.08. The molecule has 0 bridgehead atoms. The molecule has 2 aromatic heterocycles.